The van der Waals surface area contributed by atoms with E-state index in [9.17, 15) is 4.79 Å². The highest BCUT2D eigenvalue weighted by Gasteiger charge is 2.19. The minimum absolute atomic E-state index is 0.00660. The molecule has 0 bridgehead atoms. The Bertz CT molecular complexity index is 1650. The molecule has 5 nitrogen and oxygen atoms in total. The largest absolute Gasteiger partial charge is 0.436 e. The lowest BCUT2D eigenvalue weighted by Crippen LogP contribution is -2.30. The van der Waals surface area contributed by atoms with E-state index < -0.39 is 0 Å². The molecule has 35 heavy (non-hydrogen) atoms. The van der Waals surface area contributed by atoms with E-state index in [1.807, 2.05) is 50.2 Å². The smallest absolute Gasteiger partial charge is 0.253 e. The van der Waals surface area contributed by atoms with Crippen molar-refractivity contribution in [1.82, 2.24) is 14.5 Å². The van der Waals surface area contributed by atoms with Gasteiger partial charge in [0, 0.05) is 29.4 Å². The van der Waals surface area contributed by atoms with Crippen LogP contribution in [0.1, 0.15) is 24.2 Å². The van der Waals surface area contributed by atoms with Crippen molar-refractivity contribution in [1.29, 1.82) is 0 Å². The van der Waals surface area contributed by atoms with Gasteiger partial charge in [-0.05, 0) is 56.3 Å². The molecule has 172 valence electrons. The maximum absolute atomic E-state index is 12.9. The van der Waals surface area contributed by atoms with E-state index >= 15 is 0 Å². The van der Waals surface area contributed by atoms with Crippen LogP contribution in [0, 0.1) is 0 Å². The maximum Gasteiger partial charge on any atom is 0.253 e. The summed E-state index contributed by atoms with van der Waals surface area (Å²) in [4.78, 5) is 19.5. The van der Waals surface area contributed by atoms with Gasteiger partial charge in [0.1, 0.15) is 5.52 Å². The molecule has 0 aliphatic rings. The molecule has 0 unspecified atom stereocenters. The molecule has 0 fully saturated rings. The molecule has 0 atom stereocenters. The van der Waals surface area contributed by atoms with Crippen LogP contribution < -0.4 is 0 Å². The summed E-state index contributed by atoms with van der Waals surface area (Å²) < 4.78 is 8.48. The van der Waals surface area contributed by atoms with Crippen molar-refractivity contribution in [3.8, 4) is 17.1 Å². The van der Waals surface area contributed by atoms with Crippen molar-refractivity contribution in [2.75, 3.05) is 13.1 Å². The Labute approximate surface area is 203 Å². The Morgan fingerprint density at radius 1 is 0.829 bits per heavy atom. The van der Waals surface area contributed by atoms with Gasteiger partial charge >= 0.3 is 0 Å². The third-order valence-electron chi connectivity index (χ3n) is 6.64. The average Bonchev–Trinajstić information content (AvgIpc) is 3.48. The van der Waals surface area contributed by atoms with Crippen LogP contribution in [0.2, 0.25) is 0 Å². The number of oxazole rings is 1. The predicted octanol–water partition coefficient (Wildman–Crippen LogP) is 7.07. The molecule has 0 N–H and O–H groups in total. The number of nitrogens with zero attached hydrogens (tertiary/aromatic N) is 3. The topological polar surface area (TPSA) is 51.3 Å². The lowest BCUT2D eigenvalue weighted by molar-refractivity contribution is 0.0773. The lowest BCUT2D eigenvalue weighted by Gasteiger charge is -2.18. The summed E-state index contributed by atoms with van der Waals surface area (Å²) in [6.07, 6.45) is 0. The van der Waals surface area contributed by atoms with Gasteiger partial charge in [-0.15, -0.1) is 0 Å². The summed E-state index contributed by atoms with van der Waals surface area (Å²) in [5.74, 6) is 0.539. The standard InChI is InChI=1S/C30H25N3O2/c1-3-32(4-2)30(34)20-17-18-28-24(19-20)31-29(35-28)23-13-7-10-16-27(23)33-25-14-8-5-11-21(25)22-12-6-9-15-26(22)33/h5-19H,3-4H2,1-2H3. The Kier molecular flexibility index (Phi) is 5.10. The fourth-order valence-corrected chi connectivity index (χ4v) is 4.90. The number of carbonyl (C=O) groups excluding carboxylic acids is 1. The van der Waals surface area contributed by atoms with E-state index in [0.717, 1.165) is 22.3 Å². The summed E-state index contributed by atoms with van der Waals surface area (Å²) >= 11 is 0. The molecule has 6 rings (SSSR count). The van der Waals surface area contributed by atoms with Crippen LogP contribution in [0.3, 0.4) is 0 Å². The summed E-state index contributed by atoms with van der Waals surface area (Å²) in [6.45, 7) is 5.31. The van der Waals surface area contributed by atoms with Gasteiger partial charge < -0.3 is 13.9 Å². The molecule has 0 saturated heterocycles. The van der Waals surface area contributed by atoms with Crippen LogP contribution in [0.15, 0.2) is 95.4 Å². The molecule has 1 amide bonds. The number of rotatable bonds is 5. The molecule has 6 aromatic rings. The highest BCUT2D eigenvalue weighted by molar-refractivity contribution is 6.09. The van der Waals surface area contributed by atoms with Gasteiger partial charge in [0.05, 0.1) is 22.3 Å². The highest BCUT2D eigenvalue weighted by atomic mass is 16.3. The Morgan fingerprint density at radius 2 is 1.46 bits per heavy atom. The quantitative estimate of drug-likeness (QED) is 0.277. The third kappa shape index (κ3) is 3.39. The Balaban J connectivity index is 1.53. The van der Waals surface area contributed by atoms with Gasteiger partial charge in [-0.3, -0.25) is 4.79 Å². The van der Waals surface area contributed by atoms with Gasteiger partial charge in [0.15, 0.2) is 5.58 Å². The molecular formula is C30H25N3O2. The summed E-state index contributed by atoms with van der Waals surface area (Å²) in [6, 6.07) is 30.5. The maximum atomic E-state index is 12.9. The first kappa shape index (κ1) is 21.2. The van der Waals surface area contributed by atoms with Crippen LogP contribution in [0.4, 0.5) is 0 Å². The van der Waals surface area contributed by atoms with Gasteiger partial charge in [-0.2, -0.15) is 0 Å². The van der Waals surface area contributed by atoms with Gasteiger partial charge in [0.2, 0.25) is 5.89 Å². The second-order valence-corrected chi connectivity index (χ2v) is 8.57. The summed E-state index contributed by atoms with van der Waals surface area (Å²) in [5.41, 5.74) is 6.11. The van der Waals surface area contributed by atoms with E-state index in [0.29, 0.717) is 35.6 Å². The Hall–Kier alpha value is -4.38. The van der Waals surface area contributed by atoms with Gasteiger partial charge in [-0.1, -0.05) is 48.5 Å². The fourth-order valence-electron chi connectivity index (χ4n) is 4.90. The number of benzene rings is 4. The van der Waals surface area contributed by atoms with E-state index in [2.05, 4.69) is 59.2 Å². The second kappa shape index (κ2) is 8.44. The van der Waals surface area contributed by atoms with Crippen LogP contribution in [-0.4, -0.2) is 33.4 Å². The number of amides is 1. The van der Waals surface area contributed by atoms with Gasteiger partial charge in [-0.25, -0.2) is 4.98 Å². The van der Waals surface area contributed by atoms with Crippen molar-refractivity contribution in [3.05, 3.63) is 96.6 Å². The summed E-state index contributed by atoms with van der Waals surface area (Å²) in [5, 5.41) is 2.41. The molecule has 0 radical (unpaired) electrons. The van der Waals surface area contributed by atoms with E-state index in [1.54, 1.807) is 4.90 Å². The van der Waals surface area contributed by atoms with Crippen LogP contribution in [0.5, 0.6) is 0 Å². The minimum Gasteiger partial charge on any atom is -0.436 e. The van der Waals surface area contributed by atoms with E-state index in [1.165, 1.54) is 10.8 Å². The molecule has 0 spiro atoms. The third-order valence-corrected chi connectivity index (χ3v) is 6.64. The zero-order valence-electron chi connectivity index (χ0n) is 19.7. The predicted molar refractivity (Wildman–Crippen MR) is 141 cm³/mol. The lowest BCUT2D eigenvalue weighted by atomic mass is 10.1. The first-order valence-corrected chi connectivity index (χ1v) is 12.0. The molecule has 4 aromatic carbocycles. The molecule has 2 heterocycles. The number of fused-ring (bicyclic) bond motifs is 4. The first-order valence-electron chi connectivity index (χ1n) is 12.0. The number of aromatic nitrogens is 2. The first-order chi connectivity index (χ1) is 17.2. The number of hydrogen-bond donors (Lipinski definition) is 0. The minimum atomic E-state index is 0.00660. The van der Waals surface area contributed by atoms with Crippen molar-refractivity contribution in [2.24, 2.45) is 0 Å². The van der Waals surface area contributed by atoms with Crippen molar-refractivity contribution >= 4 is 38.8 Å². The molecule has 0 aliphatic heterocycles. The van der Waals surface area contributed by atoms with Crippen molar-refractivity contribution in [3.63, 3.8) is 0 Å². The fraction of sp³-hybridized carbons (Fsp3) is 0.133. The van der Waals surface area contributed by atoms with Crippen LogP contribution in [-0.2, 0) is 0 Å². The van der Waals surface area contributed by atoms with E-state index in [-0.39, 0.29) is 5.91 Å². The number of para-hydroxylation sites is 3. The van der Waals surface area contributed by atoms with Crippen molar-refractivity contribution < 1.29 is 9.21 Å². The molecular weight excluding hydrogens is 434 g/mol. The van der Waals surface area contributed by atoms with Crippen LogP contribution in [0.25, 0.3) is 50.0 Å². The Morgan fingerprint density at radius 3 is 2.14 bits per heavy atom. The number of carbonyl (C=O) groups is 1. The van der Waals surface area contributed by atoms with E-state index in [4.69, 9.17) is 9.40 Å². The second-order valence-electron chi connectivity index (χ2n) is 8.57. The average molecular weight is 460 g/mol. The zero-order chi connectivity index (χ0) is 23.9. The normalized spacial score (nSPS) is 11.5. The molecule has 0 saturated carbocycles. The SMILES string of the molecule is CCN(CC)C(=O)c1ccc2oc(-c3ccccc3-n3c4ccccc4c4ccccc43)nc2c1. The van der Waals surface area contributed by atoms with Crippen LogP contribution >= 0.6 is 0 Å². The monoisotopic (exact) mass is 459 g/mol. The van der Waals surface area contributed by atoms with Crippen molar-refractivity contribution in [2.45, 2.75) is 13.8 Å². The molecule has 2 aromatic heterocycles. The molecule has 5 heteroatoms. The van der Waals surface area contributed by atoms with Gasteiger partial charge in [0.25, 0.3) is 5.91 Å². The molecule has 0 aliphatic carbocycles. The summed E-state index contributed by atoms with van der Waals surface area (Å²) in [7, 11) is 0. The number of hydrogen-bond acceptors (Lipinski definition) is 3. The highest BCUT2D eigenvalue weighted by Crippen LogP contribution is 2.36. The zero-order valence-corrected chi connectivity index (χ0v) is 19.7.